The third kappa shape index (κ3) is 6.45. The first-order valence-electron chi connectivity index (χ1n) is 28.1. The van der Waals surface area contributed by atoms with Gasteiger partial charge in [0.2, 0.25) is 0 Å². The Labute approximate surface area is 466 Å². The molecule has 374 valence electrons. The number of rotatable bonds is 5. The van der Waals surface area contributed by atoms with Crippen LogP contribution in [0.3, 0.4) is 0 Å². The Balaban J connectivity index is 0.771. The minimum Gasteiger partial charge on any atom is -0.456 e. The van der Waals surface area contributed by atoms with E-state index in [4.69, 9.17) is 8.83 Å². The molecule has 1 aliphatic rings. The van der Waals surface area contributed by atoms with Crippen molar-refractivity contribution in [2.75, 3.05) is 0 Å². The second kappa shape index (κ2) is 17.0. The van der Waals surface area contributed by atoms with E-state index in [1.54, 1.807) is 0 Å². The Morgan fingerprint density at radius 2 is 0.704 bits per heavy atom. The smallest absolute Gasteiger partial charge is 0.143 e. The molecule has 0 spiro atoms. The largest absolute Gasteiger partial charge is 0.456 e. The third-order valence-corrected chi connectivity index (χ3v) is 17.9. The van der Waals surface area contributed by atoms with Crippen molar-refractivity contribution in [2.45, 2.75) is 6.42 Å². The maximum atomic E-state index is 6.96. The predicted molar refractivity (Wildman–Crippen MR) is 341 cm³/mol. The first-order valence-corrected chi connectivity index (χ1v) is 28.1. The monoisotopic (exact) mass is 1030 g/mol. The lowest BCUT2D eigenvalue weighted by molar-refractivity contribution is 0.669. The molecule has 0 aliphatic heterocycles. The van der Waals surface area contributed by atoms with Crippen LogP contribution < -0.4 is 0 Å². The van der Waals surface area contributed by atoms with E-state index in [0.29, 0.717) is 0 Å². The van der Waals surface area contributed by atoms with Crippen molar-refractivity contribution in [3.8, 4) is 66.8 Å². The third-order valence-electron chi connectivity index (χ3n) is 17.9. The SMILES string of the molecule is c1ccc(-c2c3ccccc3c(-c3ccc4oc5cc(-c6cccc7c6Cc6ccc(-c8c9ccccc9c(-c9ccc%10oc%11c%12ccccc%12ccc%11c%10c9)c9ccccc89)cc6-7)c6ccccc6c5c4c3)c3ccccc23)cc1. The van der Waals surface area contributed by atoms with E-state index in [0.717, 1.165) is 55.7 Å². The first-order chi connectivity index (χ1) is 40.2. The lowest BCUT2D eigenvalue weighted by Gasteiger charge is -2.18. The fourth-order valence-electron chi connectivity index (χ4n) is 14.4. The lowest BCUT2D eigenvalue weighted by atomic mass is 9.85. The van der Waals surface area contributed by atoms with Gasteiger partial charge in [-0.25, -0.2) is 0 Å². The number of benzene rings is 15. The Bertz CT molecular complexity index is 5440. The highest BCUT2D eigenvalue weighted by Crippen LogP contribution is 2.51. The molecule has 18 rings (SSSR count). The summed E-state index contributed by atoms with van der Waals surface area (Å²) in [5, 5.41) is 19.2. The van der Waals surface area contributed by atoms with Crippen LogP contribution in [0.5, 0.6) is 0 Å². The summed E-state index contributed by atoms with van der Waals surface area (Å²) in [5.41, 5.74) is 21.2. The molecular weight excluding hydrogens is 981 g/mol. The second-order valence-corrected chi connectivity index (χ2v) is 22.1. The highest BCUT2D eigenvalue weighted by atomic mass is 16.3. The van der Waals surface area contributed by atoms with Gasteiger partial charge in [-0.1, -0.05) is 224 Å². The highest BCUT2D eigenvalue weighted by Gasteiger charge is 2.27. The van der Waals surface area contributed by atoms with Crippen LogP contribution >= 0.6 is 0 Å². The standard InChI is InChI=1S/C79H46O2/c1-2-18-47(19-3-1)74-57-23-8-10-25-59(57)77(60-26-11-9-24-58(60)74)51-37-40-72-70(44-51)78-56-22-7-6-21-53(56)68(45-73(78)80-72)55-32-16-31-54-66-42-49(34-33-48(66)41-67(54)55)75-61-27-12-14-29-63(61)76(64-30-15-13-28-62(64)75)50-36-39-71-69(43-50)65-38-35-46-17-4-5-20-52(46)79(65)81-71/h1-40,42-45H,41H2. The van der Waals surface area contributed by atoms with Crippen molar-refractivity contribution in [1.29, 1.82) is 0 Å². The van der Waals surface area contributed by atoms with Crippen molar-refractivity contribution >= 4 is 109 Å². The highest BCUT2D eigenvalue weighted by molar-refractivity contribution is 6.27. The van der Waals surface area contributed by atoms with Crippen LogP contribution in [0.2, 0.25) is 0 Å². The van der Waals surface area contributed by atoms with Gasteiger partial charge < -0.3 is 8.83 Å². The molecule has 2 heteroatoms. The van der Waals surface area contributed by atoms with Crippen molar-refractivity contribution in [3.63, 3.8) is 0 Å². The zero-order valence-corrected chi connectivity index (χ0v) is 43.9. The van der Waals surface area contributed by atoms with Gasteiger partial charge in [-0.3, -0.25) is 0 Å². The molecule has 0 N–H and O–H groups in total. The number of fused-ring (bicyclic) bond motifs is 17. The molecule has 81 heavy (non-hydrogen) atoms. The second-order valence-electron chi connectivity index (χ2n) is 22.1. The average Bonchev–Trinajstić information content (AvgIpc) is 4.46. The van der Waals surface area contributed by atoms with E-state index < -0.39 is 0 Å². The summed E-state index contributed by atoms with van der Waals surface area (Å²) in [5.74, 6) is 0. The van der Waals surface area contributed by atoms with Gasteiger partial charge in [0.05, 0.1) is 0 Å². The molecule has 1 aliphatic carbocycles. The maximum absolute atomic E-state index is 6.96. The minimum absolute atomic E-state index is 0.851. The van der Waals surface area contributed by atoms with E-state index in [1.165, 1.54) is 137 Å². The Hall–Kier alpha value is -10.5. The van der Waals surface area contributed by atoms with Crippen LogP contribution in [0.1, 0.15) is 11.1 Å². The van der Waals surface area contributed by atoms with Crippen molar-refractivity contribution in [2.24, 2.45) is 0 Å². The minimum atomic E-state index is 0.851. The molecule has 0 unspecified atom stereocenters. The summed E-state index contributed by atoms with van der Waals surface area (Å²) in [4.78, 5) is 0. The lowest BCUT2D eigenvalue weighted by Crippen LogP contribution is -1.91. The zero-order chi connectivity index (χ0) is 52.9. The van der Waals surface area contributed by atoms with E-state index in [-0.39, 0.29) is 0 Å². The topological polar surface area (TPSA) is 26.3 Å². The van der Waals surface area contributed by atoms with E-state index in [9.17, 15) is 0 Å². The Kier molecular flexibility index (Phi) is 9.32. The first kappa shape index (κ1) is 44.4. The molecule has 2 nitrogen and oxygen atoms in total. The Morgan fingerprint density at radius 3 is 1.31 bits per heavy atom. The van der Waals surface area contributed by atoms with Gasteiger partial charge >= 0.3 is 0 Å². The average molecular weight is 1030 g/mol. The summed E-state index contributed by atoms with van der Waals surface area (Å²) < 4.78 is 13.6. The van der Waals surface area contributed by atoms with Crippen LogP contribution in [-0.4, -0.2) is 0 Å². The maximum Gasteiger partial charge on any atom is 0.143 e. The molecule has 17 aromatic rings. The summed E-state index contributed by atoms with van der Waals surface area (Å²) in [6.07, 6.45) is 0.851. The molecule has 0 fully saturated rings. The zero-order valence-electron chi connectivity index (χ0n) is 43.9. The molecule has 2 heterocycles. The summed E-state index contributed by atoms with van der Waals surface area (Å²) in [6.45, 7) is 0. The van der Waals surface area contributed by atoms with Gasteiger partial charge in [0, 0.05) is 26.9 Å². The fourth-order valence-corrected chi connectivity index (χ4v) is 14.4. The summed E-state index contributed by atoms with van der Waals surface area (Å²) >= 11 is 0. The molecule has 0 bridgehead atoms. The van der Waals surface area contributed by atoms with Gasteiger partial charge in [0.1, 0.15) is 22.3 Å². The van der Waals surface area contributed by atoms with Crippen molar-refractivity contribution < 1.29 is 8.83 Å². The van der Waals surface area contributed by atoms with Crippen LogP contribution in [0.4, 0.5) is 0 Å². The molecular formula is C79H46O2. The van der Waals surface area contributed by atoms with Crippen molar-refractivity contribution in [3.05, 3.63) is 278 Å². The van der Waals surface area contributed by atoms with Crippen LogP contribution in [0.15, 0.2) is 276 Å². The number of hydrogen-bond acceptors (Lipinski definition) is 2. The van der Waals surface area contributed by atoms with Gasteiger partial charge in [-0.2, -0.15) is 0 Å². The van der Waals surface area contributed by atoms with E-state index in [2.05, 4.69) is 267 Å². The molecule has 0 saturated heterocycles. The molecule has 15 aromatic carbocycles. The fraction of sp³-hybridized carbons (Fsp3) is 0.0127. The normalized spacial score (nSPS) is 12.4. The van der Waals surface area contributed by atoms with Crippen LogP contribution in [0, 0.1) is 0 Å². The molecule has 0 atom stereocenters. The number of hydrogen-bond donors (Lipinski definition) is 0. The molecule has 0 radical (unpaired) electrons. The predicted octanol–water partition coefficient (Wildman–Crippen LogP) is 22.3. The van der Waals surface area contributed by atoms with Gasteiger partial charge in [-0.15, -0.1) is 0 Å². The summed E-state index contributed by atoms with van der Waals surface area (Å²) in [6, 6.07) is 98.4. The van der Waals surface area contributed by atoms with E-state index in [1.807, 2.05) is 0 Å². The number of furan rings is 2. The molecule has 2 aromatic heterocycles. The van der Waals surface area contributed by atoms with Crippen molar-refractivity contribution in [1.82, 2.24) is 0 Å². The summed E-state index contributed by atoms with van der Waals surface area (Å²) in [7, 11) is 0. The van der Waals surface area contributed by atoms with Gasteiger partial charge in [-0.05, 0) is 186 Å². The van der Waals surface area contributed by atoms with Crippen LogP contribution in [-0.2, 0) is 6.42 Å². The van der Waals surface area contributed by atoms with Gasteiger partial charge in [0.15, 0.2) is 0 Å². The van der Waals surface area contributed by atoms with E-state index >= 15 is 0 Å². The Morgan fingerprint density at radius 1 is 0.235 bits per heavy atom. The molecule has 0 saturated carbocycles. The van der Waals surface area contributed by atoms with Gasteiger partial charge in [0.25, 0.3) is 0 Å². The quantitative estimate of drug-likeness (QED) is 0.161. The van der Waals surface area contributed by atoms with Crippen LogP contribution in [0.25, 0.3) is 175 Å². The molecule has 0 amide bonds.